The van der Waals surface area contributed by atoms with Gasteiger partial charge in [-0.3, -0.25) is 19.2 Å². The first-order valence-electron chi connectivity index (χ1n) is 14.8. The Hall–Kier alpha value is -4.52. The van der Waals surface area contributed by atoms with E-state index in [0.717, 1.165) is 19.3 Å². The fourth-order valence-corrected chi connectivity index (χ4v) is 4.59. The number of aliphatic carboxylic acids is 1. The zero-order valence-corrected chi connectivity index (χ0v) is 25.3. The van der Waals surface area contributed by atoms with Crippen molar-refractivity contribution in [1.82, 2.24) is 25.4 Å². The van der Waals surface area contributed by atoms with Crippen LogP contribution in [0.5, 0.6) is 0 Å². The first-order valence-corrected chi connectivity index (χ1v) is 14.8. The van der Waals surface area contributed by atoms with Gasteiger partial charge < -0.3 is 35.0 Å². The molecular weight excluding hydrogens is 570 g/mol. The van der Waals surface area contributed by atoms with Gasteiger partial charge in [0.2, 0.25) is 5.91 Å². The number of hydrogen-bond acceptors (Lipinski definition) is 8. The third-order valence-electron chi connectivity index (χ3n) is 7.05. The van der Waals surface area contributed by atoms with Gasteiger partial charge in [-0.2, -0.15) is 0 Å². The molecule has 13 nitrogen and oxygen atoms in total. The highest BCUT2D eigenvalue weighted by Gasteiger charge is 2.31. The Labute approximate surface area is 256 Å². The minimum Gasteiger partial charge on any atom is -0.481 e. The molecule has 1 aromatic carbocycles. The van der Waals surface area contributed by atoms with E-state index >= 15 is 0 Å². The number of piperazine rings is 1. The summed E-state index contributed by atoms with van der Waals surface area (Å²) in [4.78, 5) is 71.1. The SMILES string of the molecule is CCCCCOC(=O)N1CCN(C(=O)[C@H](CCC(=O)O)NC(=O)c2cc(C(=O)NCCOC)cc(-c3ccccc3)n2)CC1. The summed E-state index contributed by atoms with van der Waals surface area (Å²) in [7, 11) is 1.51. The Kier molecular flexibility index (Phi) is 13.6. The van der Waals surface area contributed by atoms with Gasteiger partial charge in [-0.15, -0.1) is 0 Å². The van der Waals surface area contributed by atoms with Crippen LogP contribution in [-0.2, 0) is 19.1 Å². The Morgan fingerprint density at radius 3 is 2.32 bits per heavy atom. The van der Waals surface area contributed by atoms with Crippen LogP contribution < -0.4 is 10.6 Å². The smallest absolute Gasteiger partial charge is 0.409 e. The maximum absolute atomic E-state index is 13.5. The standard InChI is InChI=1S/C31H41N5O8/c1-3-4-8-18-44-31(42)36-16-14-35(15-17-36)30(41)24(11-12-27(37)38)34-29(40)26-21-23(28(39)32-13-19-43-2)20-25(33-26)22-9-6-5-7-10-22/h5-7,9-10,20-21,24H,3-4,8,11-19H2,1-2H3,(H,32,39)(H,34,40)(H,37,38)/t24-/m0/s1. The number of hydrogen-bond donors (Lipinski definition) is 3. The largest absolute Gasteiger partial charge is 0.481 e. The van der Waals surface area contributed by atoms with E-state index in [4.69, 9.17) is 9.47 Å². The number of carboxylic acid groups (broad SMARTS) is 1. The molecule has 2 aromatic rings. The third kappa shape index (κ3) is 10.3. The van der Waals surface area contributed by atoms with Crippen LogP contribution in [0.25, 0.3) is 11.3 Å². The minimum absolute atomic E-state index is 0.105. The monoisotopic (exact) mass is 611 g/mol. The molecule has 2 heterocycles. The Morgan fingerprint density at radius 1 is 0.955 bits per heavy atom. The number of carbonyl (C=O) groups is 5. The van der Waals surface area contributed by atoms with Crippen LogP contribution in [0.4, 0.5) is 4.79 Å². The fraction of sp³-hybridized carbons (Fsp3) is 0.484. The molecule has 13 heteroatoms. The van der Waals surface area contributed by atoms with Gasteiger partial charge in [-0.05, 0) is 25.0 Å². The van der Waals surface area contributed by atoms with Gasteiger partial charge in [0, 0.05) is 57.4 Å². The van der Waals surface area contributed by atoms with Crippen LogP contribution in [-0.4, -0.2) is 109 Å². The molecule has 3 N–H and O–H groups in total. The van der Waals surface area contributed by atoms with Gasteiger partial charge in [0.15, 0.2) is 0 Å². The number of carbonyl (C=O) groups excluding carboxylic acids is 4. The number of nitrogens with one attached hydrogen (secondary N) is 2. The quantitative estimate of drug-likeness (QED) is 0.256. The number of carboxylic acids is 1. The van der Waals surface area contributed by atoms with E-state index < -0.39 is 35.8 Å². The van der Waals surface area contributed by atoms with E-state index in [1.54, 1.807) is 30.3 Å². The highest BCUT2D eigenvalue weighted by molar-refractivity contribution is 6.01. The molecule has 1 atom stereocenters. The topological polar surface area (TPSA) is 167 Å². The summed E-state index contributed by atoms with van der Waals surface area (Å²) < 4.78 is 10.3. The van der Waals surface area contributed by atoms with Gasteiger partial charge in [0.1, 0.15) is 11.7 Å². The van der Waals surface area contributed by atoms with E-state index in [2.05, 4.69) is 22.5 Å². The first-order chi connectivity index (χ1) is 21.2. The zero-order valence-electron chi connectivity index (χ0n) is 25.3. The minimum atomic E-state index is -1.16. The summed E-state index contributed by atoms with van der Waals surface area (Å²) in [6.45, 7) is 3.87. The predicted octanol–water partition coefficient (Wildman–Crippen LogP) is 2.56. The lowest BCUT2D eigenvalue weighted by Gasteiger charge is -2.36. The molecule has 0 unspecified atom stereocenters. The van der Waals surface area contributed by atoms with Crippen LogP contribution in [0.1, 0.15) is 59.9 Å². The molecule has 1 aliphatic heterocycles. The second-order valence-electron chi connectivity index (χ2n) is 10.3. The number of methoxy groups -OCH3 is 1. The van der Waals surface area contributed by atoms with Crippen molar-refractivity contribution in [2.45, 2.75) is 45.1 Å². The van der Waals surface area contributed by atoms with E-state index in [1.165, 1.54) is 23.0 Å². The Balaban J connectivity index is 1.75. The highest BCUT2D eigenvalue weighted by atomic mass is 16.6. The van der Waals surface area contributed by atoms with Crippen LogP contribution in [0, 0.1) is 0 Å². The molecule has 1 fully saturated rings. The second kappa shape index (κ2) is 17.6. The van der Waals surface area contributed by atoms with Crippen LogP contribution in [0.15, 0.2) is 42.5 Å². The lowest BCUT2D eigenvalue weighted by atomic mass is 10.1. The fourth-order valence-electron chi connectivity index (χ4n) is 4.59. The number of pyridine rings is 1. The van der Waals surface area contributed by atoms with Gasteiger partial charge in [0.05, 0.1) is 18.9 Å². The van der Waals surface area contributed by atoms with E-state index in [0.29, 0.717) is 24.5 Å². The summed E-state index contributed by atoms with van der Waals surface area (Å²) in [6.07, 6.45) is 1.82. The van der Waals surface area contributed by atoms with Crippen molar-refractivity contribution in [3.63, 3.8) is 0 Å². The summed E-state index contributed by atoms with van der Waals surface area (Å²) in [6, 6.07) is 10.7. The number of ether oxygens (including phenoxy) is 2. The number of rotatable bonds is 15. The lowest BCUT2D eigenvalue weighted by molar-refractivity contribution is -0.138. The van der Waals surface area contributed by atoms with Crippen molar-refractivity contribution in [2.24, 2.45) is 0 Å². The second-order valence-corrected chi connectivity index (χ2v) is 10.3. The molecule has 44 heavy (non-hydrogen) atoms. The number of amides is 4. The van der Waals surface area contributed by atoms with E-state index in [9.17, 15) is 29.1 Å². The molecule has 4 amide bonds. The van der Waals surface area contributed by atoms with Gasteiger partial charge in [0.25, 0.3) is 11.8 Å². The average Bonchev–Trinajstić information content (AvgIpc) is 3.04. The van der Waals surface area contributed by atoms with Crippen LogP contribution in [0.3, 0.4) is 0 Å². The number of benzene rings is 1. The first kappa shape index (κ1) is 34.0. The summed E-state index contributed by atoms with van der Waals surface area (Å²) in [5.41, 5.74) is 1.13. The summed E-state index contributed by atoms with van der Waals surface area (Å²) in [5.74, 6) is -2.75. The molecule has 0 bridgehead atoms. The molecule has 1 saturated heterocycles. The van der Waals surface area contributed by atoms with Crippen molar-refractivity contribution in [3.05, 3.63) is 53.7 Å². The van der Waals surface area contributed by atoms with Crippen molar-refractivity contribution in [1.29, 1.82) is 0 Å². The molecule has 0 radical (unpaired) electrons. The van der Waals surface area contributed by atoms with Crippen LogP contribution >= 0.6 is 0 Å². The van der Waals surface area contributed by atoms with Gasteiger partial charge >= 0.3 is 12.1 Å². The molecule has 3 rings (SSSR count). The van der Waals surface area contributed by atoms with Crippen molar-refractivity contribution in [3.8, 4) is 11.3 Å². The van der Waals surface area contributed by atoms with Crippen LogP contribution in [0.2, 0.25) is 0 Å². The average molecular weight is 612 g/mol. The molecule has 238 valence electrons. The Morgan fingerprint density at radius 2 is 1.66 bits per heavy atom. The molecular formula is C31H41N5O8. The number of nitrogens with zero attached hydrogens (tertiary/aromatic N) is 3. The molecule has 1 aliphatic rings. The maximum atomic E-state index is 13.5. The lowest BCUT2D eigenvalue weighted by Crippen LogP contribution is -2.56. The van der Waals surface area contributed by atoms with Crippen molar-refractivity contribution < 1.29 is 38.6 Å². The predicted molar refractivity (Wildman–Crippen MR) is 161 cm³/mol. The van der Waals surface area contributed by atoms with E-state index in [1.807, 2.05) is 6.07 Å². The Bertz CT molecular complexity index is 1280. The van der Waals surface area contributed by atoms with Crippen molar-refractivity contribution >= 4 is 29.8 Å². The van der Waals surface area contributed by atoms with Gasteiger partial charge in [-0.25, -0.2) is 9.78 Å². The van der Waals surface area contributed by atoms with Crippen molar-refractivity contribution in [2.75, 3.05) is 53.0 Å². The summed E-state index contributed by atoms with van der Waals surface area (Å²) in [5, 5.41) is 14.7. The highest BCUT2D eigenvalue weighted by Crippen LogP contribution is 2.20. The zero-order chi connectivity index (χ0) is 31.9. The molecule has 1 aromatic heterocycles. The summed E-state index contributed by atoms with van der Waals surface area (Å²) >= 11 is 0. The normalized spacial score (nSPS) is 13.6. The molecule has 0 saturated carbocycles. The van der Waals surface area contributed by atoms with Gasteiger partial charge in [-0.1, -0.05) is 50.1 Å². The third-order valence-corrected chi connectivity index (χ3v) is 7.05. The van der Waals surface area contributed by atoms with E-state index in [-0.39, 0.29) is 56.8 Å². The number of aromatic nitrogens is 1. The molecule has 0 spiro atoms. The maximum Gasteiger partial charge on any atom is 0.409 e. The molecule has 0 aliphatic carbocycles. The number of unbranched alkanes of at least 4 members (excludes halogenated alkanes) is 2.